The summed E-state index contributed by atoms with van der Waals surface area (Å²) in [5.41, 5.74) is 1.75. The van der Waals surface area contributed by atoms with Crippen molar-refractivity contribution in [2.24, 2.45) is 0 Å². The van der Waals surface area contributed by atoms with Crippen LogP contribution in [-0.4, -0.2) is 36.6 Å². The van der Waals surface area contributed by atoms with Crippen LogP contribution in [0.1, 0.15) is 17.4 Å². The van der Waals surface area contributed by atoms with Gasteiger partial charge >= 0.3 is 0 Å². The highest BCUT2D eigenvalue weighted by Gasteiger charge is 2.16. The van der Waals surface area contributed by atoms with Crippen molar-refractivity contribution < 1.29 is 14.3 Å². The van der Waals surface area contributed by atoms with Gasteiger partial charge in [0, 0.05) is 24.5 Å². The van der Waals surface area contributed by atoms with Crippen LogP contribution in [0.2, 0.25) is 0 Å². The zero-order valence-corrected chi connectivity index (χ0v) is 16.0. The summed E-state index contributed by atoms with van der Waals surface area (Å²) in [5, 5.41) is 2.82. The Hall–Kier alpha value is -3.61. The average molecular weight is 378 g/mol. The second kappa shape index (κ2) is 8.85. The Morgan fingerprint density at radius 3 is 2.54 bits per heavy atom. The molecule has 3 aromatic rings. The van der Waals surface area contributed by atoms with E-state index in [1.165, 1.54) is 7.11 Å². The normalized spacial score (nSPS) is 10.2. The molecule has 1 amide bonds. The fraction of sp³-hybridized carbons (Fsp3) is 0.190. The maximum absolute atomic E-state index is 12.7. The molecule has 7 nitrogen and oxygen atoms in total. The third-order valence-electron chi connectivity index (χ3n) is 4.16. The number of carbonyl (C=O) groups excluding carboxylic acids is 1. The van der Waals surface area contributed by atoms with Crippen molar-refractivity contribution in [2.45, 2.75) is 6.92 Å². The van der Waals surface area contributed by atoms with Gasteiger partial charge in [0.1, 0.15) is 17.2 Å². The van der Waals surface area contributed by atoms with Crippen molar-refractivity contribution in [3.63, 3.8) is 0 Å². The molecule has 7 heteroatoms. The van der Waals surface area contributed by atoms with Crippen LogP contribution in [0.15, 0.2) is 60.8 Å². The largest absolute Gasteiger partial charge is 0.497 e. The van der Waals surface area contributed by atoms with Crippen molar-refractivity contribution in [1.82, 2.24) is 9.97 Å². The minimum Gasteiger partial charge on any atom is -0.497 e. The summed E-state index contributed by atoms with van der Waals surface area (Å²) < 4.78 is 10.5. The number of para-hydroxylation sites is 1. The van der Waals surface area contributed by atoms with E-state index in [0.29, 0.717) is 29.7 Å². The molecule has 2 aromatic carbocycles. The number of amides is 1. The van der Waals surface area contributed by atoms with Gasteiger partial charge < -0.3 is 19.7 Å². The SMILES string of the molecule is CCN(c1ccccc1)c1nccc(C(=O)Nc2ccc(OC)cc2OC)n1. The second-order valence-corrected chi connectivity index (χ2v) is 5.84. The number of carbonyl (C=O) groups is 1. The van der Waals surface area contributed by atoms with Crippen LogP contribution >= 0.6 is 0 Å². The Bertz CT molecular complexity index is 947. The molecule has 0 unspecified atom stereocenters. The zero-order chi connectivity index (χ0) is 19.9. The van der Waals surface area contributed by atoms with Crippen molar-refractivity contribution in [2.75, 3.05) is 31.0 Å². The van der Waals surface area contributed by atoms with E-state index in [4.69, 9.17) is 9.47 Å². The number of nitrogens with zero attached hydrogens (tertiary/aromatic N) is 3. The predicted molar refractivity (Wildman–Crippen MR) is 109 cm³/mol. The summed E-state index contributed by atoms with van der Waals surface area (Å²) in [6.07, 6.45) is 1.58. The molecule has 0 radical (unpaired) electrons. The third-order valence-corrected chi connectivity index (χ3v) is 4.16. The molecule has 144 valence electrons. The Labute approximate surface area is 164 Å². The van der Waals surface area contributed by atoms with Gasteiger partial charge in [-0.3, -0.25) is 4.79 Å². The molecule has 0 atom stereocenters. The summed E-state index contributed by atoms with van der Waals surface area (Å²) in [5.74, 6) is 1.25. The quantitative estimate of drug-likeness (QED) is 0.672. The van der Waals surface area contributed by atoms with E-state index in [-0.39, 0.29) is 11.6 Å². The van der Waals surface area contributed by atoms with Gasteiger partial charge in [-0.1, -0.05) is 18.2 Å². The lowest BCUT2D eigenvalue weighted by atomic mass is 10.2. The number of rotatable bonds is 7. The number of anilines is 3. The Morgan fingerprint density at radius 2 is 1.86 bits per heavy atom. The van der Waals surface area contributed by atoms with Crippen LogP contribution in [0.3, 0.4) is 0 Å². The second-order valence-electron chi connectivity index (χ2n) is 5.84. The molecule has 3 rings (SSSR count). The number of hydrogen-bond acceptors (Lipinski definition) is 6. The molecule has 0 bridgehead atoms. The summed E-state index contributed by atoms with van der Waals surface area (Å²) in [6, 6.07) is 16.5. The van der Waals surface area contributed by atoms with Crippen molar-refractivity contribution in [3.8, 4) is 11.5 Å². The third kappa shape index (κ3) is 4.20. The molecule has 0 saturated carbocycles. The molecule has 0 aliphatic carbocycles. The molecule has 1 N–H and O–H groups in total. The molecule has 1 aromatic heterocycles. The van der Waals surface area contributed by atoms with E-state index in [9.17, 15) is 4.79 Å². The van der Waals surface area contributed by atoms with E-state index in [2.05, 4.69) is 15.3 Å². The number of methoxy groups -OCH3 is 2. The van der Waals surface area contributed by atoms with Gasteiger partial charge in [-0.05, 0) is 37.3 Å². The Morgan fingerprint density at radius 1 is 1.07 bits per heavy atom. The minimum absolute atomic E-state index is 0.261. The zero-order valence-electron chi connectivity index (χ0n) is 16.0. The summed E-state index contributed by atoms with van der Waals surface area (Å²) in [4.78, 5) is 23.4. The smallest absolute Gasteiger partial charge is 0.274 e. The lowest BCUT2D eigenvalue weighted by Crippen LogP contribution is -2.21. The maximum Gasteiger partial charge on any atom is 0.274 e. The summed E-state index contributed by atoms with van der Waals surface area (Å²) in [6.45, 7) is 2.67. The first-order valence-corrected chi connectivity index (χ1v) is 8.85. The van der Waals surface area contributed by atoms with Gasteiger partial charge in [0.05, 0.1) is 19.9 Å². The fourth-order valence-corrected chi connectivity index (χ4v) is 2.74. The highest BCUT2D eigenvalue weighted by atomic mass is 16.5. The van der Waals surface area contributed by atoms with Crippen molar-refractivity contribution >= 4 is 23.2 Å². The monoisotopic (exact) mass is 378 g/mol. The Kier molecular flexibility index (Phi) is 6.06. The first kappa shape index (κ1) is 19.2. The van der Waals surface area contributed by atoms with Gasteiger partial charge in [-0.15, -0.1) is 0 Å². The summed E-state index contributed by atoms with van der Waals surface area (Å²) in [7, 11) is 3.11. The van der Waals surface area contributed by atoms with Crippen LogP contribution in [0.4, 0.5) is 17.3 Å². The van der Waals surface area contributed by atoms with Crippen LogP contribution in [0, 0.1) is 0 Å². The molecular weight excluding hydrogens is 356 g/mol. The highest BCUT2D eigenvalue weighted by molar-refractivity contribution is 6.03. The molecule has 0 aliphatic heterocycles. The average Bonchev–Trinajstić information content (AvgIpc) is 2.75. The first-order chi connectivity index (χ1) is 13.7. The predicted octanol–water partition coefficient (Wildman–Crippen LogP) is 3.90. The van der Waals surface area contributed by atoms with Crippen LogP contribution in [-0.2, 0) is 0 Å². The van der Waals surface area contributed by atoms with Crippen molar-refractivity contribution in [3.05, 3.63) is 66.5 Å². The number of aromatic nitrogens is 2. The lowest BCUT2D eigenvalue weighted by molar-refractivity contribution is 0.102. The van der Waals surface area contributed by atoms with Gasteiger partial charge in [0.25, 0.3) is 5.91 Å². The van der Waals surface area contributed by atoms with Crippen LogP contribution in [0.25, 0.3) is 0 Å². The molecular formula is C21H22N4O3. The number of hydrogen-bond donors (Lipinski definition) is 1. The molecule has 0 saturated heterocycles. The van der Waals surface area contributed by atoms with Gasteiger partial charge in [0.2, 0.25) is 5.95 Å². The molecule has 1 heterocycles. The highest BCUT2D eigenvalue weighted by Crippen LogP contribution is 2.29. The van der Waals surface area contributed by atoms with E-state index >= 15 is 0 Å². The Balaban J connectivity index is 1.85. The van der Waals surface area contributed by atoms with Gasteiger partial charge in [-0.2, -0.15) is 0 Å². The number of nitrogens with one attached hydrogen (secondary N) is 1. The standard InChI is InChI=1S/C21H22N4O3/c1-4-25(15-8-6-5-7-9-15)21-22-13-12-18(24-21)20(26)23-17-11-10-16(27-2)14-19(17)28-3/h5-14H,4H2,1-3H3,(H,23,26). The van der Waals surface area contributed by atoms with Crippen molar-refractivity contribution in [1.29, 1.82) is 0 Å². The van der Waals surface area contributed by atoms with Gasteiger partial charge in [0.15, 0.2) is 0 Å². The fourth-order valence-electron chi connectivity index (χ4n) is 2.74. The van der Waals surface area contributed by atoms with E-state index in [1.807, 2.05) is 42.2 Å². The van der Waals surface area contributed by atoms with Crippen LogP contribution < -0.4 is 19.7 Å². The van der Waals surface area contributed by atoms with E-state index in [0.717, 1.165) is 5.69 Å². The van der Waals surface area contributed by atoms with E-state index in [1.54, 1.807) is 37.6 Å². The summed E-state index contributed by atoms with van der Waals surface area (Å²) >= 11 is 0. The lowest BCUT2D eigenvalue weighted by Gasteiger charge is -2.21. The van der Waals surface area contributed by atoms with Crippen LogP contribution in [0.5, 0.6) is 11.5 Å². The first-order valence-electron chi connectivity index (χ1n) is 8.85. The molecule has 28 heavy (non-hydrogen) atoms. The van der Waals surface area contributed by atoms with E-state index < -0.39 is 0 Å². The maximum atomic E-state index is 12.7. The molecule has 0 fully saturated rings. The number of benzene rings is 2. The molecule has 0 spiro atoms. The minimum atomic E-state index is -0.351. The topological polar surface area (TPSA) is 76.6 Å². The van der Waals surface area contributed by atoms with Gasteiger partial charge in [-0.25, -0.2) is 9.97 Å². The molecule has 0 aliphatic rings. The number of ether oxygens (including phenoxy) is 2.